The summed E-state index contributed by atoms with van der Waals surface area (Å²) >= 11 is 0. The van der Waals surface area contributed by atoms with Crippen LogP contribution >= 0.6 is 0 Å². The second-order valence-corrected chi connectivity index (χ2v) is 22.0. The van der Waals surface area contributed by atoms with E-state index in [1.54, 1.807) is 65.0 Å². The average Bonchev–Trinajstić information content (AvgIpc) is 4.39. The zero-order chi connectivity index (χ0) is 61.9. The molecule has 2 fully saturated rings. The number of nitrogens with one attached hydrogen (secondary N) is 6. The minimum Gasteiger partial charge on any atom is -0.480 e. The van der Waals surface area contributed by atoms with Crippen LogP contribution in [0, 0.1) is 17.8 Å². The summed E-state index contributed by atoms with van der Waals surface area (Å²) in [5.74, 6) is -8.06. The van der Waals surface area contributed by atoms with Crippen LogP contribution in [0.2, 0.25) is 0 Å². The normalized spacial score (nSPS) is 18.1. The Kier molecular flexibility index (Phi) is 29.5. The number of carboxylic acids is 1. The van der Waals surface area contributed by atoms with Crippen molar-refractivity contribution in [1.82, 2.24) is 41.7 Å². The molecule has 21 N–H and O–H groups in total. The van der Waals surface area contributed by atoms with Crippen LogP contribution in [0.1, 0.15) is 131 Å². The number of hydrogen-bond donors (Lipinski definition) is 14. The predicted octanol–water partition coefficient (Wildman–Crippen LogP) is -2.17. The Balaban J connectivity index is 1.91. The summed E-state index contributed by atoms with van der Waals surface area (Å²) in [7, 11) is 0. The fourth-order valence-corrected chi connectivity index (χ4v) is 9.91. The van der Waals surface area contributed by atoms with Crippen LogP contribution in [-0.2, 0) is 49.6 Å². The summed E-state index contributed by atoms with van der Waals surface area (Å²) in [6.07, 6.45) is 3.62. The van der Waals surface area contributed by atoms with Gasteiger partial charge >= 0.3 is 5.97 Å². The number of carbonyl (C=O) groups is 9. The number of nitrogens with two attached hydrogens (primary N) is 7. The molecule has 464 valence electrons. The molecule has 11 atom stereocenters. The Bertz CT molecular complexity index is 2420. The molecular formula is C55H94N18O10. The molecular weight excluding hydrogens is 1070 g/mol. The van der Waals surface area contributed by atoms with Gasteiger partial charge in [-0.2, -0.15) is 0 Å². The topological polar surface area (TPSA) is 472 Å². The van der Waals surface area contributed by atoms with Crippen molar-refractivity contribution < 1.29 is 48.3 Å². The lowest BCUT2D eigenvalue weighted by Crippen LogP contribution is -2.62. The zero-order valence-electron chi connectivity index (χ0n) is 49.1. The smallest absolute Gasteiger partial charge is 0.326 e. The first kappa shape index (κ1) is 69.5. The van der Waals surface area contributed by atoms with Crippen LogP contribution in [0.25, 0.3) is 0 Å². The molecule has 1 aromatic carbocycles. The largest absolute Gasteiger partial charge is 0.480 e. The van der Waals surface area contributed by atoms with Gasteiger partial charge in [0.2, 0.25) is 47.3 Å². The minimum absolute atomic E-state index is 0.0263. The van der Waals surface area contributed by atoms with E-state index in [-0.39, 0.29) is 100 Å². The zero-order valence-corrected chi connectivity index (χ0v) is 49.1. The average molecular weight is 1170 g/mol. The van der Waals surface area contributed by atoms with Gasteiger partial charge in [0.25, 0.3) is 0 Å². The lowest BCUT2D eigenvalue weighted by Gasteiger charge is -2.33. The number of hydrogen-bond acceptors (Lipinski definition) is 13. The highest BCUT2D eigenvalue weighted by molar-refractivity contribution is 5.98. The Hall–Kier alpha value is -7.78. The molecule has 83 heavy (non-hydrogen) atoms. The number of likely N-dealkylation sites (tertiary alicyclic amines) is 2. The number of rotatable bonds is 35. The second-order valence-electron chi connectivity index (χ2n) is 22.0. The number of guanidine groups is 3. The Morgan fingerprint density at radius 2 is 1.00 bits per heavy atom. The minimum atomic E-state index is -1.35. The van der Waals surface area contributed by atoms with Crippen molar-refractivity contribution in [3.05, 3.63) is 35.9 Å². The van der Waals surface area contributed by atoms with Gasteiger partial charge in [0.15, 0.2) is 17.9 Å². The highest BCUT2D eigenvalue weighted by Crippen LogP contribution is 2.27. The number of benzene rings is 1. The number of aliphatic imine (C=N–C) groups is 3. The van der Waals surface area contributed by atoms with E-state index < -0.39 is 108 Å². The van der Waals surface area contributed by atoms with Crippen molar-refractivity contribution >= 4 is 71.1 Å². The molecule has 0 saturated carbocycles. The first-order valence-corrected chi connectivity index (χ1v) is 28.9. The standard InChI is InChI=1S/C55H94N18O10/c1-7-32(5)42(48(78)67-37(21-14-26-65-55(61)62)44(74)66-36(20-13-25-64-54(59)60)45(75)69-39(52(82)83)29-31(3)4)70-46(76)38(30-34-17-10-9-11-18-34)68-49(79)43(33(6)8-2)71-47(77)40-22-15-27-72(40)51(81)41-23-16-28-73(41)50(80)35(56)19-12-24-63-53(57)58/h9-11,17-18,31-33,35-43H,7-8,12-16,19-30,56H2,1-6H3,(H,66,74)(H,67,78)(H,68,79)(H,69,75)(H,70,76)(H,71,77)(H,82,83)(H4,57,58,63)(H4,59,60,64)(H4,61,62,65)/t32-,33-,35-,36-,37-,38-,39-,40-,41-,42-,43-/m0/s1. The van der Waals surface area contributed by atoms with Crippen molar-refractivity contribution in [2.75, 3.05) is 32.7 Å². The Labute approximate surface area is 486 Å². The van der Waals surface area contributed by atoms with Crippen LogP contribution in [0.4, 0.5) is 0 Å². The molecule has 2 aliphatic rings. The van der Waals surface area contributed by atoms with Crippen LogP contribution in [0.3, 0.4) is 0 Å². The van der Waals surface area contributed by atoms with Crippen molar-refractivity contribution in [2.24, 2.45) is 72.9 Å². The number of amides is 8. The monoisotopic (exact) mass is 1170 g/mol. The predicted molar refractivity (Wildman–Crippen MR) is 315 cm³/mol. The van der Waals surface area contributed by atoms with Gasteiger partial charge in [-0.15, -0.1) is 0 Å². The van der Waals surface area contributed by atoms with Gasteiger partial charge < -0.3 is 86.9 Å². The maximum atomic E-state index is 14.7. The molecule has 0 aromatic heterocycles. The lowest BCUT2D eigenvalue weighted by molar-refractivity contribution is -0.147. The first-order chi connectivity index (χ1) is 39.3. The molecule has 28 nitrogen and oxygen atoms in total. The molecule has 0 spiro atoms. The van der Waals surface area contributed by atoms with Crippen LogP contribution in [0.5, 0.6) is 0 Å². The van der Waals surface area contributed by atoms with Gasteiger partial charge in [0, 0.05) is 39.1 Å². The van der Waals surface area contributed by atoms with Gasteiger partial charge in [-0.3, -0.25) is 53.3 Å². The van der Waals surface area contributed by atoms with E-state index in [1.807, 2.05) is 6.92 Å². The quantitative estimate of drug-likeness (QED) is 0.0195. The van der Waals surface area contributed by atoms with Crippen LogP contribution in [0.15, 0.2) is 45.3 Å². The summed E-state index contributed by atoms with van der Waals surface area (Å²) in [6.45, 7) is 11.7. The highest BCUT2D eigenvalue weighted by atomic mass is 16.4. The molecule has 2 aliphatic heterocycles. The maximum Gasteiger partial charge on any atom is 0.326 e. The van der Waals surface area contributed by atoms with E-state index in [4.69, 9.17) is 40.1 Å². The molecule has 3 rings (SSSR count). The highest BCUT2D eigenvalue weighted by Gasteiger charge is 2.44. The van der Waals surface area contributed by atoms with Gasteiger partial charge in [0.1, 0.15) is 48.3 Å². The number of carbonyl (C=O) groups excluding carboxylic acids is 8. The van der Waals surface area contributed by atoms with E-state index in [1.165, 1.54) is 9.80 Å². The third-order valence-electron chi connectivity index (χ3n) is 14.9. The maximum absolute atomic E-state index is 14.7. The fraction of sp³-hybridized carbons (Fsp3) is 0.673. The molecule has 8 amide bonds. The number of aliphatic carboxylic acids is 1. The summed E-state index contributed by atoms with van der Waals surface area (Å²) < 4.78 is 0. The molecule has 2 saturated heterocycles. The fourth-order valence-electron chi connectivity index (χ4n) is 9.91. The van der Waals surface area contributed by atoms with Gasteiger partial charge in [-0.1, -0.05) is 84.7 Å². The third kappa shape index (κ3) is 23.2. The molecule has 0 aliphatic carbocycles. The lowest BCUT2D eigenvalue weighted by atomic mass is 9.95. The molecule has 1 aromatic rings. The summed E-state index contributed by atoms with van der Waals surface area (Å²) in [4.78, 5) is 141. The van der Waals surface area contributed by atoms with Crippen molar-refractivity contribution in [2.45, 2.75) is 186 Å². The Morgan fingerprint density at radius 3 is 1.48 bits per heavy atom. The van der Waals surface area contributed by atoms with Gasteiger partial charge in [0.05, 0.1) is 6.04 Å². The van der Waals surface area contributed by atoms with E-state index in [0.29, 0.717) is 63.5 Å². The third-order valence-corrected chi connectivity index (χ3v) is 14.9. The van der Waals surface area contributed by atoms with Crippen molar-refractivity contribution in [3.63, 3.8) is 0 Å². The van der Waals surface area contributed by atoms with Crippen molar-refractivity contribution in [1.29, 1.82) is 0 Å². The molecule has 28 heteroatoms. The Morgan fingerprint density at radius 1 is 0.566 bits per heavy atom. The van der Waals surface area contributed by atoms with E-state index in [9.17, 15) is 48.3 Å². The summed E-state index contributed by atoms with van der Waals surface area (Å²) in [5, 5.41) is 26.4. The van der Waals surface area contributed by atoms with E-state index in [0.717, 1.165) is 0 Å². The van der Waals surface area contributed by atoms with E-state index >= 15 is 0 Å². The van der Waals surface area contributed by atoms with Crippen LogP contribution in [-0.4, -0.2) is 173 Å². The molecule has 0 bridgehead atoms. The first-order valence-electron chi connectivity index (χ1n) is 28.9. The van der Waals surface area contributed by atoms with Gasteiger partial charge in [-0.05, 0) is 93.9 Å². The number of nitrogens with zero attached hydrogens (tertiary/aromatic N) is 5. The van der Waals surface area contributed by atoms with E-state index in [2.05, 4.69) is 46.9 Å². The molecule has 0 radical (unpaired) electrons. The van der Waals surface area contributed by atoms with Gasteiger partial charge in [-0.25, -0.2) is 4.79 Å². The number of carboxylic acid groups (broad SMARTS) is 1. The summed E-state index contributed by atoms with van der Waals surface area (Å²) in [5.41, 5.74) is 39.9. The SMILES string of the molecule is CC[C@H](C)[C@H](NC(=O)[C@H](Cc1ccccc1)NC(=O)[C@@H](NC(=O)[C@@H]1CCCN1C(=O)[C@@H]1CCCN1C(=O)[C@@H](N)CCCN=C(N)N)[C@@H](C)CC)C(=O)N[C@@H](CCCN=C(N)N)C(=O)N[C@@H](CCCN=C(N)N)C(=O)N[C@@H](CC(C)C)C(=O)O. The van der Waals surface area contributed by atoms with Crippen molar-refractivity contribution in [3.8, 4) is 0 Å². The van der Waals surface area contributed by atoms with Crippen LogP contribution < -0.4 is 72.0 Å². The second kappa shape index (κ2) is 35.3. The molecule has 2 heterocycles. The molecule has 0 unspecified atom stereocenters. The summed E-state index contributed by atoms with van der Waals surface area (Å²) in [6, 6.07) is -1.56.